The van der Waals surface area contributed by atoms with E-state index in [1.807, 2.05) is 68.4 Å². The van der Waals surface area contributed by atoms with E-state index in [1.165, 1.54) is 0 Å². The predicted molar refractivity (Wildman–Crippen MR) is 80.4 cm³/mol. The molecule has 3 nitrogen and oxygen atoms in total. The Bertz CT molecular complexity index is 603. The van der Waals surface area contributed by atoms with E-state index in [2.05, 4.69) is 5.16 Å². The molecule has 0 aliphatic rings. The molecule has 0 heterocycles. The number of hydrogen-bond acceptors (Lipinski definition) is 3. The van der Waals surface area contributed by atoms with Crippen molar-refractivity contribution in [1.29, 1.82) is 0 Å². The normalized spacial score (nSPS) is 12.4. The average molecular weight is 269 g/mol. The Kier molecular flexibility index (Phi) is 4.20. The molecule has 0 atom stereocenters. The molecule has 104 valence electrons. The monoisotopic (exact) mass is 269 g/mol. The first-order valence-electron chi connectivity index (χ1n) is 6.58. The zero-order chi connectivity index (χ0) is 14.6. The highest BCUT2D eigenvalue weighted by molar-refractivity contribution is 6.12. The fourth-order valence-electron chi connectivity index (χ4n) is 2.06. The van der Waals surface area contributed by atoms with Crippen molar-refractivity contribution < 1.29 is 10.3 Å². The first kappa shape index (κ1) is 14.3. The van der Waals surface area contributed by atoms with Gasteiger partial charge in [-0.05, 0) is 11.6 Å². The number of oxime groups is 1. The molecule has 0 aliphatic heterocycles. The number of aliphatic hydroxyl groups is 1. The van der Waals surface area contributed by atoms with E-state index in [0.717, 1.165) is 16.7 Å². The van der Waals surface area contributed by atoms with Gasteiger partial charge >= 0.3 is 0 Å². The van der Waals surface area contributed by atoms with Crippen molar-refractivity contribution >= 4 is 5.71 Å². The lowest BCUT2D eigenvalue weighted by atomic mass is 9.84. The molecule has 0 spiro atoms. The maximum absolute atomic E-state index is 9.47. The van der Waals surface area contributed by atoms with E-state index in [4.69, 9.17) is 0 Å². The molecule has 0 aromatic heterocycles. The van der Waals surface area contributed by atoms with Gasteiger partial charge < -0.3 is 10.3 Å². The Hall–Kier alpha value is -2.13. The fourth-order valence-corrected chi connectivity index (χ4v) is 2.06. The van der Waals surface area contributed by atoms with Crippen LogP contribution in [0.3, 0.4) is 0 Å². The van der Waals surface area contributed by atoms with Gasteiger partial charge in [0.05, 0.1) is 6.61 Å². The number of hydrogen-bond donors (Lipinski definition) is 2. The fraction of sp³-hybridized carbons (Fsp3) is 0.235. The van der Waals surface area contributed by atoms with Crippen LogP contribution in [0.5, 0.6) is 0 Å². The lowest BCUT2D eigenvalue weighted by molar-refractivity contribution is 0.218. The number of benzene rings is 2. The van der Waals surface area contributed by atoms with E-state index >= 15 is 0 Å². The number of rotatable bonds is 4. The van der Waals surface area contributed by atoms with Crippen LogP contribution in [0.25, 0.3) is 0 Å². The number of aliphatic hydroxyl groups excluding tert-OH is 1. The van der Waals surface area contributed by atoms with Crippen LogP contribution >= 0.6 is 0 Å². The molecule has 2 aromatic rings. The van der Waals surface area contributed by atoms with E-state index in [9.17, 15) is 10.3 Å². The largest absolute Gasteiger partial charge is 0.410 e. The van der Waals surface area contributed by atoms with Gasteiger partial charge in [-0.2, -0.15) is 0 Å². The third kappa shape index (κ3) is 2.89. The molecule has 0 bridgehead atoms. The molecule has 0 radical (unpaired) electrons. The van der Waals surface area contributed by atoms with Crippen LogP contribution < -0.4 is 0 Å². The zero-order valence-electron chi connectivity index (χ0n) is 11.7. The predicted octanol–water partition coefficient (Wildman–Crippen LogP) is 3.18. The third-order valence-corrected chi connectivity index (χ3v) is 3.46. The summed E-state index contributed by atoms with van der Waals surface area (Å²) in [5, 5.41) is 22.2. The molecule has 0 saturated carbocycles. The summed E-state index contributed by atoms with van der Waals surface area (Å²) in [6, 6.07) is 17.3. The molecule has 0 aliphatic carbocycles. The van der Waals surface area contributed by atoms with Gasteiger partial charge in [0.2, 0.25) is 0 Å². The van der Waals surface area contributed by atoms with Crippen molar-refractivity contribution in [3.63, 3.8) is 0 Å². The third-order valence-electron chi connectivity index (χ3n) is 3.46. The van der Waals surface area contributed by atoms with Gasteiger partial charge in [0.1, 0.15) is 5.71 Å². The topological polar surface area (TPSA) is 52.8 Å². The van der Waals surface area contributed by atoms with Crippen LogP contribution in [0.15, 0.2) is 59.8 Å². The number of nitrogens with zero attached hydrogens (tertiary/aromatic N) is 1. The van der Waals surface area contributed by atoms with Gasteiger partial charge in [0, 0.05) is 16.5 Å². The second-order valence-electron chi connectivity index (χ2n) is 5.44. The van der Waals surface area contributed by atoms with Crippen molar-refractivity contribution in [3.05, 3.63) is 71.3 Å². The average Bonchev–Trinajstić information content (AvgIpc) is 2.49. The van der Waals surface area contributed by atoms with Crippen molar-refractivity contribution in [2.24, 2.45) is 5.16 Å². The highest BCUT2D eigenvalue weighted by Crippen LogP contribution is 2.24. The summed E-state index contributed by atoms with van der Waals surface area (Å²) in [5.41, 5.74) is 2.90. The molecule has 0 saturated heterocycles. The van der Waals surface area contributed by atoms with Crippen molar-refractivity contribution in [1.82, 2.24) is 0 Å². The van der Waals surface area contributed by atoms with E-state index in [1.54, 1.807) is 0 Å². The van der Waals surface area contributed by atoms with E-state index in [-0.39, 0.29) is 12.0 Å². The van der Waals surface area contributed by atoms with Gasteiger partial charge in [-0.3, -0.25) is 0 Å². The van der Waals surface area contributed by atoms with Gasteiger partial charge in [-0.15, -0.1) is 0 Å². The van der Waals surface area contributed by atoms with Gasteiger partial charge in [0.25, 0.3) is 0 Å². The van der Waals surface area contributed by atoms with Crippen molar-refractivity contribution in [2.75, 3.05) is 6.61 Å². The molecule has 0 amide bonds. The maximum atomic E-state index is 9.47. The molecule has 20 heavy (non-hydrogen) atoms. The summed E-state index contributed by atoms with van der Waals surface area (Å²) >= 11 is 0. The summed E-state index contributed by atoms with van der Waals surface area (Å²) in [5.74, 6) is 0. The van der Waals surface area contributed by atoms with Gasteiger partial charge in [-0.1, -0.05) is 67.5 Å². The standard InChI is InChI=1S/C17H19NO2/c1-17(2,12-19)15-10-6-9-14(11-15)16(18-20)13-7-4-3-5-8-13/h3-11,19-20H,12H2,1-2H3. The van der Waals surface area contributed by atoms with Crippen molar-refractivity contribution in [2.45, 2.75) is 19.3 Å². The van der Waals surface area contributed by atoms with Crippen LogP contribution in [-0.2, 0) is 5.41 Å². The highest BCUT2D eigenvalue weighted by atomic mass is 16.4. The van der Waals surface area contributed by atoms with Crippen molar-refractivity contribution in [3.8, 4) is 0 Å². The second-order valence-corrected chi connectivity index (χ2v) is 5.44. The first-order chi connectivity index (χ1) is 9.58. The Morgan fingerprint density at radius 2 is 1.65 bits per heavy atom. The second kappa shape index (κ2) is 5.88. The molecule has 0 fully saturated rings. The molecule has 2 N–H and O–H groups in total. The van der Waals surface area contributed by atoms with Crippen LogP contribution in [-0.4, -0.2) is 22.6 Å². The van der Waals surface area contributed by atoms with Crippen LogP contribution in [0.4, 0.5) is 0 Å². The zero-order valence-corrected chi connectivity index (χ0v) is 11.7. The molecule has 0 unspecified atom stereocenters. The van der Waals surface area contributed by atoms with E-state index in [0.29, 0.717) is 5.71 Å². The molecular formula is C17H19NO2. The SMILES string of the molecule is CC(C)(CO)c1cccc(C(=NO)c2ccccc2)c1. The molecule has 2 rings (SSSR count). The summed E-state index contributed by atoms with van der Waals surface area (Å²) < 4.78 is 0. The molecular weight excluding hydrogens is 250 g/mol. The highest BCUT2D eigenvalue weighted by Gasteiger charge is 2.20. The minimum absolute atomic E-state index is 0.0629. The van der Waals surface area contributed by atoms with Crippen LogP contribution in [0.1, 0.15) is 30.5 Å². The van der Waals surface area contributed by atoms with Crippen LogP contribution in [0.2, 0.25) is 0 Å². The van der Waals surface area contributed by atoms with Gasteiger partial charge in [-0.25, -0.2) is 0 Å². The Balaban J connectivity index is 2.45. The Morgan fingerprint density at radius 1 is 1.00 bits per heavy atom. The maximum Gasteiger partial charge on any atom is 0.117 e. The lowest BCUT2D eigenvalue weighted by Gasteiger charge is -2.23. The molecule has 2 aromatic carbocycles. The van der Waals surface area contributed by atoms with Crippen LogP contribution in [0, 0.1) is 0 Å². The lowest BCUT2D eigenvalue weighted by Crippen LogP contribution is -2.22. The summed E-state index contributed by atoms with van der Waals surface area (Å²) in [6.07, 6.45) is 0. The summed E-state index contributed by atoms with van der Waals surface area (Å²) in [4.78, 5) is 0. The Morgan fingerprint density at radius 3 is 2.25 bits per heavy atom. The summed E-state index contributed by atoms with van der Waals surface area (Å²) in [7, 11) is 0. The summed E-state index contributed by atoms with van der Waals surface area (Å²) in [6.45, 7) is 4.02. The Labute approximate surface area is 119 Å². The first-order valence-corrected chi connectivity index (χ1v) is 6.58. The van der Waals surface area contributed by atoms with E-state index < -0.39 is 0 Å². The molecule has 3 heteroatoms. The van der Waals surface area contributed by atoms with Gasteiger partial charge in [0.15, 0.2) is 0 Å². The minimum Gasteiger partial charge on any atom is -0.410 e. The smallest absolute Gasteiger partial charge is 0.117 e. The minimum atomic E-state index is -0.326. The quantitative estimate of drug-likeness (QED) is 0.509.